The first-order valence-electron chi connectivity index (χ1n) is 4.34. The summed E-state index contributed by atoms with van der Waals surface area (Å²) in [5.41, 5.74) is 0.470. The highest BCUT2D eigenvalue weighted by Gasteiger charge is 2.14. The average Bonchev–Trinajstić information content (AvgIpc) is 2.20. The third-order valence-corrected chi connectivity index (χ3v) is 2.26. The maximum Gasteiger partial charge on any atom is 0.257 e. The van der Waals surface area contributed by atoms with Crippen LogP contribution in [-0.2, 0) is 4.79 Å². The fourth-order valence-electron chi connectivity index (χ4n) is 1.04. The van der Waals surface area contributed by atoms with Crippen LogP contribution in [0.5, 0.6) is 5.75 Å². The molecule has 86 valence electrons. The van der Waals surface area contributed by atoms with Gasteiger partial charge in [-0.1, -0.05) is 23.2 Å². The van der Waals surface area contributed by atoms with Crippen LogP contribution in [0.1, 0.15) is 17.3 Å². The van der Waals surface area contributed by atoms with E-state index in [9.17, 15) is 14.7 Å². The zero-order valence-corrected chi connectivity index (χ0v) is 9.84. The Bertz CT molecular complexity index is 432. The zero-order valence-electron chi connectivity index (χ0n) is 8.33. The first-order valence-corrected chi connectivity index (χ1v) is 5.22. The Morgan fingerprint density at radius 1 is 1.38 bits per heavy atom. The second-order valence-electron chi connectivity index (χ2n) is 3.08. The summed E-state index contributed by atoms with van der Waals surface area (Å²) in [6.45, 7) is 1.38. The molecule has 0 spiro atoms. The van der Waals surface area contributed by atoms with Gasteiger partial charge in [0.2, 0.25) is 0 Å². The zero-order chi connectivity index (χ0) is 12.3. The van der Waals surface area contributed by atoms with Crippen molar-refractivity contribution in [1.29, 1.82) is 0 Å². The highest BCUT2D eigenvalue weighted by molar-refractivity contribution is 6.54. The van der Waals surface area contributed by atoms with E-state index in [2.05, 4.69) is 5.32 Å². The van der Waals surface area contributed by atoms with Crippen LogP contribution in [-0.4, -0.2) is 21.6 Å². The molecule has 0 unspecified atom stereocenters. The van der Waals surface area contributed by atoms with Crippen LogP contribution in [0, 0.1) is 0 Å². The first kappa shape index (κ1) is 12.8. The summed E-state index contributed by atoms with van der Waals surface area (Å²) in [5, 5.41) is 11.7. The van der Waals surface area contributed by atoms with Gasteiger partial charge in [0.25, 0.3) is 5.91 Å². The Hall–Kier alpha value is -1.26. The maximum atomic E-state index is 11.2. The van der Waals surface area contributed by atoms with Crippen molar-refractivity contribution in [3.8, 4) is 5.75 Å². The monoisotopic (exact) mass is 261 g/mol. The lowest BCUT2D eigenvalue weighted by atomic mass is 10.1. The van der Waals surface area contributed by atoms with Crippen molar-refractivity contribution >= 4 is 40.6 Å². The van der Waals surface area contributed by atoms with Crippen LogP contribution in [0.15, 0.2) is 18.2 Å². The van der Waals surface area contributed by atoms with E-state index in [4.69, 9.17) is 23.2 Å². The Labute approximate surface area is 102 Å². The molecule has 0 heterocycles. The number of aromatic hydroxyl groups is 1. The summed E-state index contributed by atoms with van der Waals surface area (Å²) in [4.78, 5) is 21.0. The Morgan fingerprint density at radius 3 is 2.50 bits per heavy atom. The topological polar surface area (TPSA) is 66.4 Å². The number of amides is 1. The van der Waals surface area contributed by atoms with Crippen molar-refractivity contribution in [2.75, 3.05) is 5.32 Å². The summed E-state index contributed by atoms with van der Waals surface area (Å²) in [6.07, 6.45) is 0. The van der Waals surface area contributed by atoms with E-state index in [1.807, 2.05) is 0 Å². The molecule has 2 N–H and O–H groups in total. The molecular weight excluding hydrogens is 253 g/mol. The van der Waals surface area contributed by atoms with Crippen molar-refractivity contribution in [2.45, 2.75) is 11.8 Å². The van der Waals surface area contributed by atoms with Crippen LogP contribution in [0.2, 0.25) is 0 Å². The summed E-state index contributed by atoms with van der Waals surface area (Å²) in [7, 11) is 0. The molecule has 4 nitrogen and oxygen atoms in total. The highest BCUT2D eigenvalue weighted by atomic mass is 35.5. The van der Waals surface area contributed by atoms with Gasteiger partial charge in [0, 0.05) is 5.56 Å². The normalized spacial score (nSPS) is 10.2. The molecular formula is C10H9Cl2NO3. The van der Waals surface area contributed by atoms with E-state index >= 15 is 0 Å². The lowest BCUT2D eigenvalue weighted by molar-refractivity contribution is -0.114. The minimum atomic E-state index is -1.24. The minimum Gasteiger partial charge on any atom is -0.506 e. The molecule has 0 fully saturated rings. The minimum absolute atomic E-state index is 0.101. The van der Waals surface area contributed by atoms with Gasteiger partial charge in [0.05, 0.1) is 5.69 Å². The fraction of sp³-hybridized carbons (Fsp3) is 0.200. The molecule has 1 rings (SSSR count). The summed E-state index contributed by atoms with van der Waals surface area (Å²) >= 11 is 10.7. The average molecular weight is 262 g/mol. The number of nitrogens with one attached hydrogen (secondary N) is 1. The molecule has 0 radical (unpaired) electrons. The lowest BCUT2D eigenvalue weighted by Crippen LogP contribution is -2.18. The Balaban J connectivity index is 2.99. The van der Waals surface area contributed by atoms with Crippen molar-refractivity contribution in [2.24, 2.45) is 0 Å². The second kappa shape index (κ2) is 5.18. The van der Waals surface area contributed by atoms with Crippen LogP contribution in [0.3, 0.4) is 0 Å². The van der Waals surface area contributed by atoms with E-state index in [-0.39, 0.29) is 17.2 Å². The molecule has 1 amide bonds. The SMILES string of the molecule is CC(=O)c1ccc(O)c(NC(=O)C(Cl)Cl)c1. The van der Waals surface area contributed by atoms with Crippen LogP contribution in [0.4, 0.5) is 5.69 Å². The van der Waals surface area contributed by atoms with Gasteiger partial charge in [0.1, 0.15) is 5.75 Å². The molecule has 1 aromatic carbocycles. The van der Waals surface area contributed by atoms with Crippen molar-refractivity contribution in [3.63, 3.8) is 0 Å². The molecule has 0 aromatic heterocycles. The van der Waals surface area contributed by atoms with Gasteiger partial charge in [-0.05, 0) is 25.1 Å². The van der Waals surface area contributed by atoms with E-state index < -0.39 is 10.7 Å². The number of alkyl halides is 2. The predicted octanol–water partition coefficient (Wildman–Crippen LogP) is 2.34. The maximum absolute atomic E-state index is 11.2. The summed E-state index contributed by atoms with van der Waals surface area (Å²) in [6, 6.07) is 4.11. The van der Waals surface area contributed by atoms with Gasteiger partial charge >= 0.3 is 0 Å². The van der Waals surface area contributed by atoms with E-state index in [0.717, 1.165) is 0 Å². The first-order chi connectivity index (χ1) is 7.41. The van der Waals surface area contributed by atoms with Crippen molar-refractivity contribution in [3.05, 3.63) is 23.8 Å². The van der Waals surface area contributed by atoms with Gasteiger partial charge in [-0.25, -0.2) is 0 Å². The van der Waals surface area contributed by atoms with Crippen LogP contribution < -0.4 is 5.32 Å². The Kier molecular flexibility index (Phi) is 4.15. The third-order valence-electron chi connectivity index (χ3n) is 1.86. The smallest absolute Gasteiger partial charge is 0.257 e. The number of benzene rings is 1. The number of Topliss-reactive ketones (excluding diaryl/α,β-unsaturated/α-hetero) is 1. The highest BCUT2D eigenvalue weighted by Crippen LogP contribution is 2.25. The molecule has 0 bridgehead atoms. The third kappa shape index (κ3) is 3.12. The van der Waals surface area contributed by atoms with Crippen LogP contribution in [0.25, 0.3) is 0 Å². The molecule has 0 saturated heterocycles. The van der Waals surface area contributed by atoms with E-state index in [0.29, 0.717) is 5.56 Å². The number of carbonyl (C=O) groups excluding carboxylic acids is 2. The largest absolute Gasteiger partial charge is 0.506 e. The number of hydrogen-bond donors (Lipinski definition) is 2. The Morgan fingerprint density at radius 2 is 2.00 bits per heavy atom. The quantitative estimate of drug-likeness (QED) is 0.499. The molecule has 0 aliphatic rings. The number of ketones is 1. The summed E-state index contributed by atoms with van der Waals surface area (Å²) in [5.74, 6) is -1.00. The van der Waals surface area contributed by atoms with Gasteiger partial charge in [-0.15, -0.1) is 0 Å². The van der Waals surface area contributed by atoms with Gasteiger partial charge < -0.3 is 10.4 Å². The van der Waals surface area contributed by atoms with Gasteiger partial charge in [-0.3, -0.25) is 9.59 Å². The molecule has 0 aliphatic heterocycles. The fourth-order valence-corrected chi connectivity index (χ4v) is 1.15. The number of hydrogen-bond acceptors (Lipinski definition) is 3. The molecule has 0 saturated carbocycles. The number of rotatable bonds is 3. The van der Waals surface area contributed by atoms with Crippen molar-refractivity contribution < 1.29 is 14.7 Å². The molecule has 1 aromatic rings. The van der Waals surface area contributed by atoms with E-state index in [1.165, 1.54) is 25.1 Å². The van der Waals surface area contributed by atoms with Gasteiger partial charge in [-0.2, -0.15) is 0 Å². The number of anilines is 1. The molecule has 6 heteroatoms. The van der Waals surface area contributed by atoms with Gasteiger partial charge in [0.15, 0.2) is 10.6 Å². The number of halogens is 2. The molecule has 16 heavy (non-hydrogen) atoms. The van der Waals surface area contributed by atoms with E-state index in [1.54, 1.807) is 0 Å². The molecule has 0 aliphatic carbocycles. The molecule has 0 atom stereocenters. The van der Waals surface area contributed by atoms with Crippen LogP contribution >= 0.6 is 23.2 Å². The number of carbonyl (C=O) groups is 2. The number of phenolic OH excluding ortho intramolecular Hbond substituents is 1. The lowest BCUT2D eigenvalue weighted by Gasteiger charge is -2.08. The van der Waals surface area contributed by atoms with Crippen molar-refractivity contribution in [1.82, 2.24) is 0 Å². The predicted molar refractivity (Wildman–Crippen MR) is 62.2 cm³/mol. The summed E-state index contributed by atoms with van der Waals surface area (Å²) < 4.78 is 0. The number of phenols is 1. The second-order valence-corrected chi connectivity index (χ2v) is 4.17. The standard InChI is InChI=1S/C10H9Cl2NO3/c1-5(14)6-2-3-8(15)7(4-6)13-10(16)9(11)12/h2-4,9,15H,1H3,(H,13,16).